The number of rotatable bonds is 6. The van der Waals surface area contributed by atoms with Gasteiger partial charge in [0.05, 0.1) is 27.9 Å². The van der Waals surface area contributed by atoms with E-state index >= 15 is 0 Å². The van der Waals surface area contributed by atoms with Gasteiger partial charge >= 0.3 is 5.97 Å². The van der Waals surface area contributed by atoms with Gasteiger partial charge in [-0.2, -0.15) is 0 Å². The molecule has 1 aromatic heterocycles. The maximum atomic E-state index is 12.3. The van der Waals surface area contributed by atoms with Crippen molar-refractivity contribution in [3.63, 3.8) is 0 Å². The highest BCUT2D eigenvalue weighted by Crippen LogP contribution is 2.33. The summed E-state index contributed by atoms with van der Waals surface area (Å²) in [5.41, 5.74) is -0.419. The fourth-order valence-electron chi connectivity index (χ4n) is 2.47. The second-order valence-electron chi connectivity index (χ2n) is 7.33. The highest BCUT2D eigenvalue weighted by atomic mass is 32.2. The van der Waals surface area contributed by atoms with Crippen LogP contribution < -0.4 is 9.56 Å². The van der Waals surface area contributed by atoms with Crippen LogP contribution in [0.3, 0.4) is 0 Å². The second-order valence-corrected chi connectivity index (χ2v) is 9.17. The highest BCUT2D eigenvalue weighted by Gasteiger charge is 2.28. The van der Waals surface area contributed by atoms with E-state index in [1.54, 1.807) is 27.7 Å². The van der Waals surface area contributed by atoms with E-state index in [1.165, 1.54) is 25.1 Å². The predicted octanol–water partition coefficient (Wildman–Crippen LogP) is 2.70. The monoisotopic (exact) mass is 396 g/mol. The number of carbonyl (C=O) groups excluding carboxylic acids is 2. The first-order valence-electron chi connectivity index (χ1n) is 8.49. The molecule has 0 amide bonds. The van der Waals surface area contributed by atoms with Gasteiger partial charge in [-0.15, -0.1) is 4.73 Å². The predicted molar refractivity (Wildman–Crippen MR) is 102 cm³/mol. The van der Waals surface area contributed by atoms with Crippen LogP contribution in [-0.2, 0) is 14.8 Å². The van der Waals surface area contributed by atoms with Crippen LogP contribution in [-0.4, -0.2) is 35.8 Å². The molecule has 0 radical (unpaired) electrons. The lowest BCUT2D eigenvalue weighted by atomic mass is 9.98. The van der Waals surface area contributed by atoms with Gasteiger partial charge in [0.15, 0.2) is 5.78 Å². The van der Waals surface area contributed by atoms with Crippen molar-refractivity contribution in [2.24, 2.45) is 5.41 Å². The Morgan fingerprint density at radius 3 is 2.41 bits per heavy atom. The van der Waals surface area contributed by atoms with Gasteiger partial charge in [0.1, 0.15) is 0 Å². The number of nitrogens with one attached hydrogen (secondary N) is 1. The molecule has 0 fully saturated rings. The number of nitrogens with zero attached hydrogens (tertiary/aromatic N) is 1. The summed E-state index contributed by atoms with van der Waals surface area (Å²) in [5, 5.41) is 10.8. The van der Waals surface area contributed by atoms with Crippen molar-refractivity contribution in [2.75, 3.05) is 10.5 Å². The third-order valence-corrected chi connectivity index (χ3v) is 5.28. The Labute approximate surface area is 158 Å². The summed E-state index contributed by atoms with van der Waals surface area (Å²) in [6, 6.07) is 4.39. The topological polar surface area (TPSA) is 115 Å². The zero-order valence-electron chi connectivity index (χ0n) is 16.0. The molecule has 0 bridgehead atoms. The molecule has 0 saturated heterocycles. The molecule has 0 spiro atoms. The largest absolute Gasteiger partial charge is 0.492 e. The molecule has 1 heterocycles. The number of benzene rings is 1. The fraction of sp³-hybridized carbons (Fsp3) is 0.444. The summed E-state index contributed by atoms with van der Waals surface area (Å²) in [6.45, 7) is 7.97. The maximum Gasteiger partial charge on any atom is 0.338 e. The Bertz CT molecular complexity index is 999. The molecule has 0 saturated carbocycles. The Hall–Kier alpha value is -2.55. The molecular formula is C18H24N2O6S. The molecule has 0 aliphatic carbocycles. The molecule has 0 aliphatic rings. The molecule has 9 heteroatoms. The van der Waals surface area contributed by atoms with Crippen molar-refractivity contribution in [3.05, 3.63) is 23.8 Å². The maximum absolute atomic E-state index is 12.3. The second kappa shape index (κ2) is 7.22. The number of hydrogen-bond donors (Lipinski definition) is 2. The minimum atomic E-state index is -3.53. The average Bonchev–Trinajstić information content (AvgIpc) is 2.78. The minimum Gasteiger partial charge on any atom is -0.492 e. The van der Waals surface area contributed by atoms with Crippen LogP contribution in [0.15, 0.2) is 18.2 Å². The van der Waals surface area contributed by atoms with E-state index in [4.69, 9.17) is 4.84 Å². The Balaban J connectivity index is 2.62. The van der Waals surface area contributed by atoms with Crippen molar-refractivity contribution in [2.45, 2.75) is 41.0 Å². The van der Waals surface area contributed by atoms with E-state index in [2.05, 4.69) is 4.72 Å². The van der Waals surface area contributed by atoms with E-state index in [0.717, 1.165) is 4.73 Å². The standard InChI is InChI=1S/C18H24N2O6S/c1-6-9-27(24,25)19-12-7-8-13-14(10-12)20(16(22)15(13)11(2)21)26-17(23)18(3,4)5/h7-8,10,19,22H,6,9H2,1-5H3. The number of sulfonamides is 1. The normalized spacial score (nSPS) is 12.2. The third kappa shape index (κ3) is 4.41. The quantitative estimate of drug-likeness (QED) is 0.726. The van der Waals surface area contributed by atoms with Gasteiger partial charge in [0.2, 0.25) is 15.9 Å². The summed E-state index contributed by atoms with van der Waals surface area (Å²) in [6.07, 6.45) is 0.451. The van der Waals surface area contributed by atoms with E-state index < -0.39 is 33.1 Å². The Morgan fingerprint density at radius 2 is 1.89 bits per heavy atom. The molecule has 1 aromatic carbocycles. The summed E-state index contributed by atoms with van der Waals surface area (Å²) in [4.78, 5) is 29.5. The van der Waals surface area contributed by atoms with Gasteiger partial charge in [0.25, 0.3) is 0 Å². The Morgan fingerprint density at radius 1 is 1.26 bits per heavy atom. The lowest BCUT2D eigenvalue weighted by Gasteiger charge is -2.17. The summed E-state index contributed by atoms with van der Waals surface area (Å²) in [7, 11) is -3.53. The van der Waals surface area contributed by atoms with Gasteiger partial charge in [-0.3, -0.25) is 9.52 Å². The van der Waals surface area contributed by atoms with E-state index in [0.29, 0.717) is 11.8 Å². The van der Waals surface area contributed by atoms with Crippen LogP contribution in [0, 0.1) is 5.41 Å². The first-order chi connectivity index (χ1) is 12.4. The van der Waals surface area contributed by atoms with Crippen LogP contribution in [0.1, 0.15) is 51.4 Å². The summed E-state index contributed by atoms with van der Waals surface area (Å²) in [5.74, 6) is -1.59. The fourth-order valence-corrected chi connectivity index (χ4v) is 3.59. The number of carbonyl (C=O) groups is 2. The number of aromatic hydroxyl groups is 1. The van der Waals surface area contributed by atoms with Crippen LogP contribution in [0.25, 0.3) is 10.9 Å². The number of Topliss-reactive ketones (excluding diaryl/α,β-unsaturated/α-hetero) is 1. The van der Waals surface area contributed by atoms with Gasteiger partial charge in [0, 0.05) is 5.39 Å². The molecule has 0 atom stereocenters. The lowest BCUT2D eigenvalue weighted by molar-refractivity contribution is -0.153. The molecule has 8 nitrogen and oxygen atoms in total. The van der Waals surface area contributed by atoms with E-state index in [-0.39, 0.29) is 22.5 Å². The number of ketones is 1. The minimum absolute atomic E-state index is 0.00493. The van der Waals surface area contributed by atoms with Crippen LogP contribution >= 0.6 is 0 Å². The first kappa shape index (κ1) is 20.8. The number of hydrogen-bond acceptors (Lipinski definition) is 6. The van der Waals surface area contributed by atoms with Crippen LogP contribution in [0.5, 0.6) is 5.88 Å². The molecule has 2 rings (SSSR count). The van der Waals surface area contributed by atoms with Crippen molar-refractivity contribution < 1.29 is 28.0 Å². The van der Waals surface area contributed by atoms with Crippen molar-refractivity contribution in [3.8, 4) is 5.88 Å². The van der Waals surface area contributed by atoms with E-state index in [1.807, 2.05) is 0 Å². The third-order valence-electron chi connectivity index (χ3n) is 3.79. The van der Waals surface area contributed by atoms with Gasteiger partial charge < -0.3 is 9.94 Å². The molecular weight excluding hydrogens is 372 g/mol. The first-order valence-corrected chi connectivity index (χ1v) is 10.1. The van der Waals surface area contributed by atoms with Crippen molar-refractivity contribution in [1.29, 1.82) is 0 Å². The smallest absolute Gasteiger partial charge is 0.338 e. The lowest BCUT2D eigenvalue weighted by Crippen LogP contribution is -2.31. The molecule has 2 aromatic rings. The molecule has 27 heavy (non-hydrogen) atoms. The van der Waals surface area contributed by atoms with Crippen LogP contribution in [0.4, 0.5) is 5.69 Å². The van der Waals surface area contributed by atoms with Gasteiger partial charge in [-0.1, -0.05) is 6.92 Å². The van der Waals surface area contributed by atoms with Crippen LogP contribution in [0.2, 0.25) is 0 Å². The van der Waals surface area contributed by atoms with Crippen molar-refractivity contribution in [1.82, 2.24) is 4.73 Å². The summed E-state index contributed by atoms with van der Waals surface area (Å²) < 4.78 is 27.3. The van der Waals surface area contributed by atoms with Gasteiger partial charge in [-0.25, -0.2) is 13.2 Å². The number of fused-ring (bicyclic) bond motifs is 1. The zero-order valence-corrected chi connectivity index (χ0v) is 16.8. The van der Waals surface area contributed by atoms with E-state index in [9.17, 15) is 23.1 Å². The number of anilines is 1. The highest BCUT2D eigenvalue weighted by molar-refractivity contribution is 7.92. The SMILES string of the molecule is CCCS(=O)(=O)Nc1ccc2c(C(C)=O)c(O)n(OC(=O)C(C)(C)C)c2c1. The number of aromatic nitrogens is 1. The molecule has 148 valence electrons. The van der Waals surface area contributed by atoms with Crippen molar-refractivity contribution >= 4 is 38.4 Å². The molecule has 0 aliphatic heterocycles. The molecule has 2 N–H and O–H groups in total. The average molecular weight is 396 g/mol. The Kier molecular flexibility index (Phi) is 5.55. The molecule has 0 unspecified atom stereocenters. The zero-order chi connectivity index (χ0) is 20.6. The van der Waals surface area contributed by atoms with Gasteiger partial charge in [-0.05, 0) is 52.3 Å². The summed E-state index contributed by atoms with van der Waals surface area (Å²) >= 11 is 0.